The van der Waals surface area contributed by atoms with Gasteiger partial charge >= 0.3 is 0 Å². The molecule has 1 N–H and O–H groups in total. The van der Waals surface area contributed by atoms with Crippen LogP contribution in [0.1, 0.15) is 38.0 Å². The van der Waals surface area contributed by atoms with Gasteiger partial charge in [0.25, 0.3) is 0 Å². The lowest BCUT2D eigenvalue weighted by Crippen LogP contribution is -2.39. The molecule has 0 saturated heterocycles. The first-order valence-electron chi connectivity index (χ1n) is 7.30. The van der Waals surface area contributed by atoms with Gasteiger partial charge in [-0.05, 0) is 57.2 Å². The Bertz CT molecular complexity index is 376. The summed E-state index contributed by atoms with van der Waals surface area (Å²) >= 11 is 7.70. The molecule has 2 rings (SSSR count). The van der Waals surface area contributed by atoms with Crippen LogP contribution in [0.25, 0.3) is 0 Å². The number of nitrogens with one attached hydrogen (secondary N) is 1. The fourth-order valence-corrected chi connectivity index (χ4v) is 4.04. The van der Waals surface area contributed by atoms with Gasteiger partial charge in [-0.25, -0.2) is 0 Å². The Kier molecular flexibility index (Phi) is 6.14. The number of ether oxygens (including phenoxy) is 1. The first-order valence-corrected chi connectivity index (χ1v) is 8.49. The summed E-state index contributed by atoms with van der Waals surface area (Å²) in [6.45, 7) is 6.14. The van der Waals surface area contributed by atoms with Gasteiger partial charge in [0, 0.05) is 17.5 Å². The molecule has 0 spiro atoms. The third kappa shape index (κ3) is 4.75. The van der Waals surface area contributed by atoms with E-state index in [1.165, 1.54) is 24.1 Å². The number of hydrogen-bond donors (Lipinski definition) is 1. The van der Waals surface area contributed by atoms with Crippen molar-refractivity contribution in [2.75, 3.05) is 13.2 Å². The van der Waals surface area contributed by atoms with Crippen LogP contribution < -0.4 is 5.32 Å². The fraction of sp³-hybridized carbons (Fsp3) is 0.733. The molecule has 1 aliphatic rings. The summed E-state index contributed by atoms with van der Waals surface area (Å²) < 4.78 is 6.53. The van der Waals surface area contributed by atoms with E-state index in [2.05, 4.69) is 25.2 Å². The molecule has 1 atom stereocenters. The number of halogens is 1. The Morgan fingerprint density at radius 3 is 2.79 bits per heavy atom. The summed E-state index contributed by atoms with van der Waals surface area (Å²) in [6.07, 6.45) is 5.35. The summed E-state index contributed by atoms with van der Waals surface area (Å²) in [5, 5.41) is 3.61. The predicted octanol–water partition coefficient (Wildman–Crippen LogP) is 4.13. The molecule has 0 amide bonds. The topological polar surface area (TPSA) is 21.3 Å². The van der Waals surface area contributed by atoms with Gasteiger partial charge in [0.15, 0.2) is 0 Å². The average Bonchev–Trinajstić information content (AvgIpc) is 2.72. The SMILES string of the molecule is CCNC(Cc1ccc(Cl)s1)CC1CC(OCC)C1. The van der Waals surface area contributed by atoms with E-state index in [9.17, 15) is 0 Å². The van der Waals surface area contributed by atoms with Crippen LogP contribution in [0.5, 0.6) is 0 Å². The molecule has 4 heteroatoms. The maximum atomic E-state index is 6.00. The van der Waals surface area contributed by atoms with Gasteiger partial charge in [0.2, 0.25) is 0 Å². The van der Waals surface area contributed by atoms with Crippen molar-refractivity contribution in [2.24, 2.45) is 5.92 Å². The Morgan fingerprint density at radius 2 is 2.21 bits per heavy atom. The molecule has 0 bridgehead atoms. The van der Waals surface area contributed by atoms with Crippen molar-refractivity contribution < 1.29 is 4.74 Å². The van der Waals surface area contributed by atoms with Crippen molar-refractivity contribution in [1.29, 1.82) is 0 Å². The fourth-order valence-electron chi connectivity index (χ4n) is 2.87. The Labute approximate surface area is 125 Å². The molecule has 1 aliphatic carbocycles. The highest BCUT2D eigenvalue weighted by Crippen LogP contribution is 2.34. The zero-order valence-corrected chi connectivity index (χ0v) is 13.4. The molecular weight excluding hydrogens is 278 g/mol. The standard InChI is InChI=1S/C15H24ClNOS/c1-3-17-12(10-14-5-6-15(16)19-14)7-11-8-13(9-11)18-4-2/h5-6,11-13,17H,3-4,7-10H2,1-2H3. The van der Waals surface area contributed by atoms with Crippen molar-refractivity contribution in [1.82, 2.24) is 5.32 Å². The lowest BCUT2D eigenvalue weighted by Gasteiger charge is -2.37. The molecule has 0 radical (unpaired) electrons. The Balaban J connectivity index is 1.77. The molecule has 2 nitrogen and oxygen atoms in total. The Morgan fingerprint density at radius 1 is 1.42 bits per heavy atom. The van der Waals surface area contributed by atoms with Crippen molar-refractivity contribution >= 4 is 22.9 Å². The van der Waals surface area contributed by atoms with Crippen LogP contribution in [-0.4, -0.2) is 25.3 Å². The summed E-state index contributed by atoms with van der Waals surface area (Å²) in [4.78, 5) is 1.39. The van der Waals surface area contributed by atoms with Gasteiger partial charge in [0.1, 0.15) is 0 Å². The average molecular weight is 302 g/mol. The molecule has 1 saturated carbocycles. The van der Waals surface area contributed by atoms with Crippen LogP contribution in [0.3, 0.4) is 0 Å². The normalized spacial score (nSPS) is 24.2. The quantitative estimate of drug-likeness (QED) is 0.779. The molecule has 1 heterocycles. The first kappa shape index (κ1) is 15.3. The predicted molar refractivity (Wildman–Crippen MR) is 83.3 cm³/mol. The third-order valence-corrected chi connectivity index (χ3v) is 5.04. The molecule has 1 unspecified atom stereocenters. The molecule has 108 valence electrons. The third-order valence-electron chi connectivity index (χ3n) is 3.78. The largest absolute Gasteiger partial charge is 0.378 e. The van der Waals surface area contributed by atoms with Gasteiger partial charge in [-0.2, -0.15) is 0 Å². The van der Waals surface area contributed by atoms with Crippen LogP contribution in [0.15, 0.2) is 12.1 Å². The van der Waals surface area contributed by atoms with E-state index in [4.69, 9.17) is 16.3 Å². The molecule has 0 aliphatic heterocycles. The number of thiophene rings is 1. The lowest BCUT2D eigenvalue weighted by molar-refractivity contribution is -0.0289. The van der Waals surface area contributed by atoms with Crippen molar-refractivity contribution in [3.63, 3.8) is 0 Å². The number of rotatable bonds is 8. The maximum absolute atomic E-state index is 6.00. The van der Waals surface area contributed by atoms with Gasteiger partial charge in [-0.1, -0.05) is 18.5 Å². The van der Waals surface area contributed by atoms with Crippen LogP contribution in [-0.2, 0) is 11.2 Å². The number of hydrogen-bond acceptors (Lipinski definition) is 3. The van der Waals surface area contributed by atoms with Crippen LogP contribution in [0.2, 0.25) is 4.34 Å². The Hall–Kier alpha value is -0.0900. The van der Waals surface area contributed by atoms with E-state index in [-0.39, 0.29) is 0 Å². The molecule has 1 aromatic heterocycles. The minimum Gasteiger partial charge on any atom is -0.378 e. The van der Waals surface area contributed by atoms with Gasteiger partial charge in [-0.3, -0.25) is 0 Å². The summed E-state index contributed by atoms with van der Waals surface area (Å²) in [6, 6.07) is 4.73. The van der Waals surface area contributed by atoms with E-state index in [0.29, 0.717) is 12.1 Å². The van der Waals surface area contributed by atoms with Crippen LogP contribution >= 0.6 is 22.9 Å². The zero-order chi connectivity index (χ0) is 13.7. The second-order valence-corrected chi connectivity index (χ2v) is 7.11. The molecule has 19 heavy (non-hydrogen) atoms. The van der Waals surface area contributed by atoms with E-state index in [1.54, 1.807) is 11.3 Å². The van der Waals surface area contributed by atoms with Gasteiger partial charge < -0.3 is 10.1 Å². The van der Waals surface area contributed by atoms with Crippen molar-refractivity contribution in [2.45, 2.75) is 51.7 Å². The van der Waals surface area contributed by atoms with Gasteiger partial charge in [0.05, 0.1) is 10.4 Å². The highest BCUT2D eigenvalue weighted by molar-refractivity contribution is 7.16. The minimum atomic E-state index is 0.522. The molecule has 0 aromatic carbocycles. The minimum absolute atomic E-state index is 0.522. The first-order chi connectivity index (χ1) is 9.21. The monoisotopic (exact) mass is 301 g/mol. The zero-order valence-electron chi connectivity index (χ0n) is 11.8. The highest BCUT2D eigenvalue weighted by Gasteiger charge is 2.31. The van der Waals surface area contributed by atoms with Crippen LogP contribution in [0.4, 0.5) is 0 Å². The summed E-state index contributed by atoms with van der Waals surface area (Å²) in [7, 11) is 0. The van der Waals surface area contributed by atoms with E-state index in [0.717, 1.165) is 29.8 Å². The maximum Gasteiger partial charge on any atom is 0.0931 e. The van der Waals surface area contributed by atoms with Crippen molar-refractivity contribution in [3.05, 3.63) is 21.3 Å². The lowest BCUT2D eigenvalue weighted by atomic mass is 9.77. The number of likely N-dealkylation sites (N-methyl/N-ethyl adjacent to an activating group) is 1. The van der Waals surface area contributed by atoms with Crippen LogP contribution in [0, 0.1) is 5.92 Å². The summed E-state index contributed by atoms with van der Waals surface area (Å²) in [5.41, 5.74) is 0. The van der Waals surface area contributed by atoms with E-state index >= 15 is 0 Å². The summed E-state index contributed by atoms with van der Waals surface area (Å²) in [5.74, 6) is 0.830. The second-order valence-electron chi connectivity index (χ2n) is 5.32. The highest BCUT2D eigenvalue weighted by atomic mass is 35.5. The molecular formula is C15H24ClNOS. The molecule has 1 fully saturated rings. The smallest absolute Gasteiger partial charge is 0.0931 e. The second kappa shape index (κ2) is 7.63. The van der Waals surface area contributed by atoms with E-state index in [1.807, 2.05) is 6.07 Å². The molecule has 1 aromatic rings. The van der Waals surface area contributed by atoms with E-state index < -0.39 is 0 Å². The van der Waals surface area contributed by atoms with Crippen molar-refractivity contribution in [3.8, 4) is 0 Å². The van der Waals surface area contributed by atoms with Gasteiger partial charge in [-0.15, -0.1) is 11.3 Å².